The number of H-pyrrole nitrogens is 1. The summed E-state index contributed by atoms with van der Waals surface area (Å²) < 4.78 is 0. The average molecular weight is 270 g/mol. The number of benzene rings is 2. The first-order valence-corrected chi connectivity index (χ1v) is 6.36. The van der Waals surface area contributed by atoms with Crippen molar-refractivity contribution in [3.8, 4) is 0 Å². The Morgan fingerprint density at radius 2 is 1.68 bits per heavy atom. The molecule has 94 valence electrons. The maximum absolute atomic E-state index is 5.83. The maximum atomic E-state index is 5.83. The summed E-state index contributed by atoms with van der Waals surface area (Å²) in [6, 6.07) is 15.4. The van der Waals surface area contributed by atoms with Crippen LogP contribution in [0.3, 0.4) is 0 Å². The van der Waals surface area contributed by atoms with E-state index in [1.165, 1.54) is 5.39 Å². The minimum absolute atomic E-state index is 0.695. The number of aromatic nitrogens is 1. The van der Waals surface area contributed by atoms with Gasteiger partial charge >= 0.3 is 0 Å². The molecule has 2 aromatic carbocycles. The molecule has 19 heavy (non-hydrogen) atoms. The van der Waals surface area contributed by atoms with Gasteiger partial charge < -0.3 is 4.98 Å². The Kier molecular flexibility index (Phi) is 3.05. The van der Waals surface area contributed by atoms with Crippen molar-refractivity contribution in [2.45, 2.75) is 6.92 Å². The molecule has 0 radical (unpaired) electrons. The van der Waals surface area contributed by atoms with Gasteiger partial charge in [-0.3, -0.25) is 0 Å². The van der Waals surface area contributed by atoms with E-state index in [9.17, 15) is 0 Å². The highest BCUT2D eigenvalue weighted by atomic mass is 35.5. The Morgan fingerprint density at radius 3 is 2.42 bits per heavy atom. The van der Waals surface area contributed by atoms with Crippen molar-refractivity contribution in [1.29, 1.82) is 0 Å². The van der Waals surface area contributed by atoms with Crippen molar-refractivity contribution in [1.82, 2.24) is 4.98 Å². The molecule has 1 N–H and O–H groups in total. The lowest BCUT2D eigenvalue weighted by Gasteiger charge is -1.93. The smallest absolute Gasteiger partial charge is 0.156 e. The van der Waals surface area contributed by atoms with E-state index in [1.54, 1.807) is 12.1 Å². The lowest BCUT2D eigenvalue weighted by Crippen LogP contribution is -1.67. The fourth-order valence-corrected chi connectivity index (χ4v) is 2.11. The van der Waals surface area contributed by atoms with Gasteiger partial charge in [-0.25, -0.2) is 0 Å². The number of hydrogen-bond acceptors (Lipinski definition) is 2. The van der Waals surface area contributed by atoms with Crippen LogP contribution in [-0.2, 0) is 0 Å². The number of rotatable bonds is 2. The first-order valence-electron chi connectivity index (χ1n) is 5.98. The van der Waals surface area contributed by atoms with E-state index in [-0.39, 0.29) is 0 Å². The topological polar surface area (TPSA) is 40.5 Å². The van der Waals surface area contributed by atoms with Gasteiger partial charge in [-0.1, -0.05) is 29.8 Å². The second-order valence-corrected chi connectivity index (χ2v) is 4.76. The SMILES string of the molecule is Cc1c(N=Nc2ccc(Cl)cc2)[nH]c2ccccc12. The molecule has 3 nitrogen and oxygen atoms in total. The zero-order chi connectivity index (χ0) is 13.2. The number of nitrogens with one attached hydrogen (secondary N) is 1. The number of aromatic amines is 1. The molecule has 0 amide bonds. The van der Waals surface area contributed by atoms with Crippen LogP contribution in [-0.4, -0.2) is 4.98 Å². The molecule has 3 aromatic rings. The van der Waals surface area contributed by atoms with Crippen LogP contribution in [0.4, 0.5) is 11.5 Å². The van der Waals surface area contributed by atoms with E-state index in [4.69, 9.17) is 11.6 Å². The number of fused-ring (bicyclic) bond motifs is 1. The number of halogens is 1. The minimum atomic E-state index is 0.695. The summed E-state index contributed by atoms with van der Waals surface area (Å²) in [5, 5.41) is 10.3. The van der Waals surface area contributed by atoms with Gasteiger partial charge in [-0.2, -0.15) is 0 Å². The van der Waals surface area contributed by atoms with E-state index < -0.39 is 0 Å². The largest absolute Gasteiger partial charge is 0.338 e. The van der Waals surface area contributed by atoms with Crippen LogP contribution in [0.5, 0.6) is 0 Å². The highest BCUT2D eigenvalue weighted by Gasteiger charge is 2.05. The van der Waals surface area contributed by atoms with Crippen LogP contribution in [0.25, 0.3) is 10.9 Å². The summed E-state index contributed by atoms with van der Waals surface area (Å²) in [5.74, 6) is 0.788. The first kappa shape index (κ1) is 11.9. The molecule has 0 spiro atoms. The molecule has 0 aliphatic heterocycles. The van der Waals surface area contributed by atoms with Crippen LogP contribution >= 0.6 is 11.6 Å². The molecule has 0 saturated carbocycles. The summed E-state index contributed by atoms with van der Waals surface area (Å²) in [5.41, 5.74) is 2.96. The number of hydrogen-bond donors (Lipinski definition) is 1. The van der Waals surface area contributed by atoms with Crippen LogP contribution < -0.4 is 0 Å². The van der Waals surface area contributed by atoms with E-state index in [2.05, 4.69) is 21.3 Å². The van der Waals surface area contributed by atoms with Gasteiger partial charge in [0.15, 0.2) is 5.82 Å². The number of aryl methyl sites for hydroxylation is 1. The lowest BCUT2D eigenvalue weighted by atomic mass is 10.2. The Balaban J connectivity index is 1.97. The zero-order valence-electron chi connectivity index (χ0n) is 10.4. The molecule has 0 fully saturated rings. The number of nitrogens with zero attached hydrogens (tertiary/aromatic N) is 2. The molecule has 0 aliphatic rings. The molecular formula is C15H12ClN3. The highest BCUT2D eigenvalue weighted by Crippen LogP contribution is 2.28. The highest BCUT2D eigenvalue weighted by molar-refractivity contribution is 6.30. The molecule has 0 saturated heterocycles. The molecule has 1 aromatic heterocycles. The van der Waals surface area contributed by atoms with Crippen molar-refractivity contribution in [2.24, 2.45) is 10.2 Å². The number of para-hydroxylation sites is 1. The van der Waals surface area contributed by atoms with E-state index >= 15 is 0 Å². The quantitative estimate of drug-likeness (QED) is 0.593. The monoisotopic (exact) mass is 269 g/mol. The van der Waals surface area contributed by atoms with E-state index in [1.807, 2.05) is 37.3 Å². The summed E-state index contributed by atoms with van der Waals surface area (Å²) in [4.78, 5) is 3.26. The van der Waals surface area contributed by atoms with Gasteiger partial charge in [0.1, 0.15) is 0 Å². The van der Waals surface area contributed by atoms with Crippen LogP contribution in [0.2, 0.25) is 5.02 Å². The van der Waals surface area contributed by atoms with Gasteiger partial charge in [0, 0.05) is 21.5 Å². The predicted octanol–water partition coefficient (Wildman–Crippen LogP) is 5.55. The molecule has 1 heterocycles. The number of azo groups is 1. The molecule has 3 rings (SSSR count). The maximum Gasteiger partial charge on any atom is 0.156 e. The van der Waals surface area contributed by atoms with Crippen molar-refractivity contribution < 1.29 is 0 Å². The average Bonchev–Trinajstić information content (AvgIpc) is 2.76. The third kappa shape index (κ3) is 2.37. The Hall–Kier alpha value is -2.13. The fourth-order valence-electron chi connectivity index (χ4n) is 1.98. The normalized spacial score (nSPS) is 11.5. The van der Waals surface area contributed by atoms with Gasteiger partial charge in [-0.15, -0.1) is 10.2 Å². The Bertz CT molecular complexity index is 742. The van der Waals surface area contributed by atoms with Crippen LogP contribution in [0.1, 0.15) is 5.56 Å². The van der Waals surface area contributed by atoms with Gasteiger partial charge in [0.2, 0.25) is 0 Å². The van der Waals surface area contributed by atoms with Gasteiger partial charge in [-0.05, 0) is 37.3 Å². The first-order chi connectivity index (χ1) is 9.24. The van der Waals surface area contributed by atoms with E-state index in [0.29, 0.717) is 5.02 Å². The standard InChI is InChI=1S/C15H12ClN3/c1-10-13-4-2-3-5-14(13)17-15(10)19-18-12-8-6-11(16)7-9-12/h2-9,17H,1H3. The minimum Gasteiger partial charge on any atom is -0.338 e. The van der Waals surface area contributed by atoms with Crippen LogP contribution in [0.15, 0.2) is 58.8 Å². The summed E-state index contributed by atoms with van der Waals surface area (Å²) in [6.07, 6.45) is 0. The van der Waals surface area contributed by atoms with Crippen molar-refractivity contribution in [3.63, 3.8) is 0 Å². The lowest BCUT2D eigenvalue weighted by molar-refractivity contribution is 1.17. The molecule has 0 atom stereocenters. The van der Waals surface area contributed by atoms with Crippen LogP contribution in [0, 0.1) is 6.92 Å². The Morgan fingerprint density at radius 1 is 0.947 bits per heavy atom. The summed E-state index contributed by atoms with van der Waals surface area (Å²) in [7, 11) is 0. The summed E-state index contributed by atoms with van der Waals surface area (Å²) >= 11 is 5.83. The second-order valence-electron chi connectivity index (χ2n) is 4.32. The molecule has 0 aliphatic carbocycles. The predicted molar refractivity (Wildman–Crippen MR) is 78.7 cm³/mol. The zero-order valence-corrected chi connectivity index (χ0v) is 11.1. The third-order valence-corrected chi connectivity index (χ3v) is 3.28. The van der Waals surface area contributed by atoms with Crippen molar-refractivity contribution in [3.05, 3.63) is 59.1 Å². The summed E-state index contributed by atoms with van der Waals surface area (Å²) in [6.45, 7) is 2.04. The van der Waals surface area contributed by atoms with Crippen molar-refractivity contribution >= 4 is 34.0 Å². The van der Waals surface area contributed by atoms with Crippen molar-refractivity contribution in [2.75, 3.05) is 0 Å². The molecule has 0 unspecified atom stereocenters. The Labute approximate surface area is 115 Å². The van der Waals surface area contributed by atoms with Gasteiger partial charge in [0.25, 0.3) is 0 Å². The molecule has 4 heteroatoms. The van der Waals surface area contributed by atoms with E-state index in [0.717, 1.165) is 22.6 Å². The van der Waals surface area contributed by atoms with Gasteiger partial charge in [0.05, 0.1) is 5.69 Å². The third-order valence-electron chi connectivity index (χ3n) is 3.03. The molecule has 0 bridgehead atoms. The molecular weight excluding hydrogens is 258 g/mol. The second kappa shape index (κ2) is 4.86. The fraction of sp³-hybridized carbons (Fsp3) is 0.0667.